The third-order valence-corrected chi connectivity index (χ3v) is 2.38. The number of rotatable bonds is 3. The zero-order valence-corrected chi connectivity index (χ0v) is 7.90. The Labute approximate surface area is 84.2 Å². The van der Waals surface area contributed by atoms with Gasteiger partial charge in [-0.1, -0.05) is 6.07 Å². The lowest BCUT2D eigenvalue weighted by atomic mass is 10.4. The number of ether oxygens (including phenoxy) is 1. The van der Waals surface area contributed by atoms with E-state index in [1.54, 1.807) is 11.6 Å². The Morgan fingerprint density at radius 2 is 2.36 bits per heavy atom. The topological polar surface area (TPSA) is 52.1 Å². The van der Waals surface area contributed by atoms with Crippen molar-refractivity contribution >= 4 is 17.8 Å². The first-order valence-electron chi connectivity index (χ1n) is 3.87. The van der Waals surface area contributed by atoms with Gasteiger partial charge >= 0.3 is 0 Å². The maximum absolute atomic E-state index is 10.0. The van der Waals surface area contributed by atoms with Gasteiger partial charge in [0.05, 0.1) is 11.1 Å². The molecular weight excluding hydrogens is 200 g/mol. The molecule has 0 saturated carbocycles. The Kier molecular flexibility index (Phi) is 2.51. The molecule has 0 aromatic carbocycles. The second-order valence-corrected chi connectivity index (χ2v) is 3.28. The Morgan fingerprint density at radius 3 is 3.07 bits per heavy atom. The maximum Gasteiger partial charge on any atom is 0.299 e. The first kappa shape index (κ1) is 8.83. The summed E-state index contributed by atoms with van der Waals surface area (Å²) >= 11 is 1.39. The summed E-state index contributed by atoms with van der Waals surface area (Å²) in [5.74, 6) is 0.311. The van der Waals surface area contributed by atoms with E-state index in [4.69, 9.17) is 0 Å². The molecule has 0 aliphatic heterocycles. The normalized spacial score (nSPS) is 9.71. The summed E-state index contributed by atoms with van der Waals surface area (Å²) in [6, 6.07) is 5.56. The highest BCUT2D eigenvalue weighted by Gasteiger charge is 2.05. The van der Waals surface area contributed by atoms with Gasteiger partial charge in [-0.15, -0.1) is 11.3 Å². The standard InChI is InChI=1S/C9H6N2O2S/c12-6-13-8-5-14-9(11-8)7-3-1-2-4-10-7/h1-6H. The minimum absolute atomic E-state index is 0.311. The fourth-order valence-corrected chi connectivity index (χ4v) is 1.67. The number of thiazole rings is 1. The summed E-state index contributed by atoms with van der Waals surface area (Å²) in [4.78, 5) is 18.2. The Balaban J connectivity index is 2.29. The van der Waals surface area contributed by atoms with Crippen LogP contribution in [0.25, 0.3) is 10.7 Å². The molecule has 14 heavy (non-hydrogen) atoms. The second kappa shape index (κ2) is 3.97. The molecule has 0 fully saturated rings. The quantitative estimate of drug-likeness (QED) is 0.718. The number of carbonyl (C=O) groups excluding carboxylic acids is 1. The summed E-state index contributed by atoms with van der Waals surface area (Å²) in [5.41, 5.74) is 0.776. The minimum Gasteiger partial charge on any atom is -0.409 e. The van der Waals surface area contributed by atoms with Gasteiger partial charge in [-0.2, -0.15) is 4.98 Å². The molecule has 0 atom stereocenters. The molecule has 0 unspecified atom stereocenters. The Bertz CT molecular complexity index is 427. The molecule has 4 nitrogen and oxygen atoms in total. The van der Waals surface area contributed by atoms with Crippen LogP contribution in [-0.4, -0.2) is 16.4 Å². The van der Waals surface area contributed by atoms with E-state index in [0.29, 0.717) is 12.4 Å². The van der Waals surface area contributed by atoms with Crippen LogP contribution in [0.1, 0.15) is 0 Å². The number of carbonyl (C=O) groups is 1. The molecular formula is C9H6N2O2S. The molecule has 0 saturated heterocycles. The molecule has 0 N–H and O–H groups in total. The number of aromatic nitrogens is 2. The van der Waals surface area contributed by atoms with Crippen molar-refractivity contribution in [2.24, 2.45) is 0 Å². The van der Waals surface area contributed by atoms with Gasteiger partial charge < -0.3 is 4.74 Å². The van der Waals surface area contributed by atoms with Crippen molar-refractivity contribution < 1.29 is 9.53 Å². The predicted octanol–water partition coefficient (Wildman–Crippen LogP) is 1.74. The van der Waals surface area contributed by atoms with Gasteiger partial charge in [-0.3, -0.25) is 9.78 Å². The predicted molar refractivity (Wildman–Crippen MR) is 52.0 cm³/mol. The van der Waals surface area contributed by atoms with Crippen LogP contribution in [-0.2, 0) is 4.79 Å². The van der Waals surface area contributed by atoms with Gasteiger partial charge in [0.25, 0.3) is 6.47 Å². The first-order chi connectivity index (χ1) is 6.90. The molecule has 2 rings (SSSR count). The highest BCUT2D eigenvalue weighted by Crippen LogP contribution is 2.24. The van der Waals surface area contributed by atoms with Crippen molar-refractivity contribution in [1.82, 2.24) is 9.97 Å². The van der Waals surface area contributed by atoms with Crippen molar-refractivity contribution in [3.05, 3.63) is 29.8 Å². The van der Waals surface area contributed by atoms with E-state index in [1.165, 1.54) is 11.3 Å². The highest BCUT2D eigenvalue weighted by molar-refractivity contribution is 7.13. The van der Waals surface area contributed by atoms with E-state index in [2.05, 4.69) is 14.7 Å². The van der Waals surface area contributed by atoms with Gasteiger partial charge in [-0.25, -0.2) is 0 Å². The SMILES string of the molecule is O=COc1csc(-c2ccccn2)n1. The van der Waals surface area contributed by atoms with Crippen molar-refractivity contribution in [3.8, 4) is 16.6 Å². The highest BCUT2D eigenvalue weighted by atomic mass is 32.1. The molecule has 0 amide bonds. The van der Waals surface area contributed by atoms with Crippen LogP contribution >= 0.6 is 11.3 Å². The minimum atomic E-state index is 0.311. The first-order valence-corrected chi connectivity index (χ1v) is 4.75. The van der Waals surface area contributed by atoms with E-state index in [0.717, 1.165) is 10.7 Å². The van der Waals surface area contributed by atoms with Gasteiger partial charge in [0.1, 0.15) is 5.01 Å². The van der Waals surface area contributed by atoms with Gasteiger partial charge in [0.2, 0.25) is 5.88 Å². The van der Waals surface area contributed by atoms with E-state index < -0.39 is 0 Å². The zero-order valence-electron chi connectivity index (χ0n) is 7.08. The molecule has 5 heteroatoms. The molecule has 2 aromatic heterocycles. The number of hydrogen-bond donors (Lipinski definition) is 0. The van der Waals surface area contributed by atoms with E-state index in [-0.39, 0.29) is 0 Å². The maximum atomic E-state index is 10.0. The van der Waals surface area contributed by atoms with Crippen LogP contribution < -0.4 is 4.74 Å². The fourth-order valence-electron chi connectivity index (χ4n) is 0.969. The van der Waals surface area contributed by atoms with E-state index >= 15 is 0 Å². The third kappa shape index (κ3) is 1.77. The smallest absolute Gasteiger partial charge is 0.299 e. The molecule has 0 aliphatic rings. The average molecular weight is 206 g/mol. The van der Waals surface area contributed by atoms with Gasteiger partial charge in [-0.05, 0) is 12.1 Å². The number of hydrogen-bond acceptors (Lipinski definition) is 5. The summed E-state index contributed by atoms with van der Waals surface area (Å²) in [7, 11) is 0. The van der Waals surface area contributed by atoms with Crippen molar-refractivity contribution in [1.29, 1.82) is 0 Å². The average Bonchev–Trinajstić information content (AvgIpc) is 2.68. The van der Waals surface area contributed by atoms with Crippen molar-refractivity contribution in [2.75, 3.05) is 0 Å². The monoisotopic (exact) mass is 206 g/mol. The molecule has 0 spiro atoms. The van der Waals surface area contributed by atoms with Crippen molar-refractivity contribution in [3.63, 3.8) is 0 Å². The Hall–Kier alpha value is -1.75. The van der Waals surface area contributed by atoms with Crippen LogP contribution in [0.4, 0.5) is 0 Å². The van der Waals surface area contributed by atoms with Gasteiger partial charge in [0.15, 0.2) is 0 Å². The third-order valence-electron chi connectivity index (χ3n) is 1.54. The van der Waals surface area contributed by atoms with Gasteiger partial charge in [0, 0.05) is 6.20 Å². The fraction of sp³-hybridized carbons (Fsp3) is 0. The lowest BCUT2D eigenvalue weighted by Crippen LogP contribution is -1.88. The summed E-state index contributed by atoms with van der Waals surface area (Å²) in [6.45, 7) is 0.358. The lowest BCUT2D eigenvalue weighted by Gasteiger charge is -1.92. The van der Waals surface area contributed by atoms with E-state index in [9.17, 15) is 4.79 Å². The van der Waals surface area contributed by atoms with Crippen molar-refractivity contribution in [2.45, 2.75) is 0 Å². The largest absolute Gasteiger partial charge is 0.409 e. The van der Waals surface area contributed by atoms with E-state index in [1.807, 2.05) is 18.2 Å². The summed E-state index contributed by atoms with van der Waals surface area (Å²) in [5, 5.41) is 2.40. The van der Waals surface area contributed by atoms with Crippen LogP contribution in [0.15, 0.2) is 29.8 Å². The lowest BCUT2D eigenvalue weighted by molar-refractivity contribution is -0.120. The Morgan fingerprint density at radius 1 is 1.43 bits per heavy atom. The molecule has 0 aliphatic carbocycles. The second-order valence-electron chi connectivity index (χ2n) is 2.42. The molecule has 0 bridgehead atoms. The summed E-state index contributed by atoms with van der Waals surface area (Å²) in [6.07, 6.45) is 1.69. The molecule has 2 aromatic rings. The molecule has 70 valence electrons. The van der Waals surface area contributed by atoms with Crippen LogP contribution in [0.3, 0.4) is 0 Å². The molecule has 2 heterocycles. The zero-order chi connectivity index (χ0) is 9.80. The summed E-state index contributed by atoms with van der Waals surface area (Å²) < 4.78 is 4.60. The van der Waals surface area contributed by atoms with Crippen LogP contribution in [0, 0.1) is 0 Å². The number of nitrogens with zero attached hydrogens (tertiary/aromatic N) is 2. The molecule has 0 radical (unpaired) electrons. The van der Waals surface area contributed by atoms with Crippen LogP contribution in [0.2, 0.25) is 0 Å². The number of pyridine rings is 1. The van der Waals surface area contributed by atoms with Crippen LogP contribution in [0.5, 0.6) is 5.88 Å².